The number of ether oxygens (including phenoxy) is 1. The third kappa shape index (κ3) is 4.10. The summed E-state index contributed by atoms with van der Waals surface area (Å²) in [6.45, 7) is 6.02. The highest BCUT2D eigenvalue weighted by Crippen LogP contribution is 2.24. The highest BCUT2D eigenvalue weighted by atomic mass is 35.5. The Bertz CT molecular complexity index is 291. The van der Waals surface area contributed by atoms with Crippen molar-refractivity contribution in [3.05, 3.63) is 29.3 Å². The van der Waals surface area contributed by atoms with Crippen LogP contribution in [0.3, 0.4) is 0 Å². The van der Waals surface area contributed by atoms with E-state index in [0.717, 1.165) is 25.3 Å². The fraction of sp³-hybridized carbons (Fsp3) is 0.500. The first-order valence-electron chi connectivity index (χ1n) is 5.39. The number of hydrogen-bond donors (Lipinski definition) is 1. The molecule has 3 heteroatoms. The molecule has 0 amide bonds. The Labute approximate surface area is 96.6 Å². The second-order valence-corrected chi connectivity index (χ2v) is 3.79. The first-order valence-corrected chi connectivity index (χ1v) is 5.77. The molecule has 1 rings (SSSR count). The summed E-state index contributed by atoms with van der Waals surface area (Å²) in [6, 6.07) is 7.58. The first kappa shape index (κ1) is 12.3. The number of rotatable bonds is 6. The number of benzene rings is 1. The molecule has 2 nitrogen and oxygen atoms in total. The smallest absolute Gasteiger partial charge is 0.138 e. The van der Waals surface area contributed by atoms with Gasteiger partial charge in [0.1, 0.15) is 11.9 Å². The van der Waals surface area contributed by atoms with Crippen molar-refractivity contribution in [3.8, 4) is 5.75 Å². The Balaban J connectivity index is 2.54. The van der Waals surface area contributed by atoms with E-state index < -0.39 is 0 Å². The van der Waals surface area contributed by atoms with Gasteiger partial charge in [-0.15, -0.1) is 0 Å². The van der Waals surface area contributed by atoms with Crippen LogP contribution in [0.4, 0.5) is 0 Å². The highest BCUT2D eigenvalue weighted by Gasteiger charge is 2.08. The lowest BCUT2D eigenvalue weighted by atomic mass is 10.2. The summed E-state index contributed by atoms with van der Waals surface area (Å²) in [4.78, 5) is 0. The third-order valence-corrected chi connectivity index (χ3v) is 2.52. The maximum Gasteiger partial charge on any atom is 0.138 e. The van der Waals surface area contributed by atoms with E-state index in [9.17, 15) is 0 Å². The van der Waals surface area contributed by atoms with E-state index in [2.05, 4.69) is 19.2 Å². The van der Waals surface area contributed by atoms with E-state index >= 15 is 0 Å². The van der Waals surface area contributed by atoms with Crippen LogP contribution in [0.2, 0.25) is 5.02 Å². The summed E-state index contributed by atoms with van der Waals surface area (Å²) >= 11 is 6.01. The van der Waals surface area contributed by atoms with E-state index in [1.807, 2.05) is 24.3 Å². The van der Waals surface area contributed by atoms with Crippen molar-refractivity contribution >= 4 is 11.6 Å². The lowest BCUT2D eigenvalue weighted by Gasteiger charge is -2.18. The molecule has 0 aliphatic carbocycles. The zero-order valence-corrected chi connectivity index (χ0v) is 10.1. The van der Waals surface area contributed by atoms with Gasteiger partial charge in [-0.2, -0.15) is 0 Å². The Morgan fingerprint density at radius 2 is 2.07 bits per heavy atom. The Morgan fingerprint density at radius 3 is 2.67 bits per heavy atom. The minimum Gasteiger partial charge on any atom is -0.488 e. The molecule has 0 aliphatic rings. The predicted octanol–water partition coefficient (Wildman–Crippen LogP) is 3.11. The van der Waals surface area contributed by atoms with Crippen LogP contribution < -0.4 is 10.1 Å². The van der Waals surface area contributed by atoms with Gasteiger partial charge in [0.25, 0.3) is 0 Å². The number of hydrogen-bond acceptors (Lipinski definition) is 2. The lowest BCUT2D eigenvalue weighted by molar-refractivity contribution is 0.194. The molecule has 0 aromatic heterocycles. The summed E-state index contributed by atoms with van der Waals surface area (Å²) in [5.74, 6) is 0.768. The molecule has 1 aromatic rings. The summed E-state index contributed by atoms with van der Waals surface area (Å²) in [5.41, 5.74) is 0. The van der Waals surface area contributed by atoms with Crippen molar-refractivity contribution < 1.29 is 4.74 Å². The monoisotopic (exact) mass is 227 g/mol. The first-order chi connectivity index (χ1) is 7.27. The molecule has 1 atom stereocenters. The van der Waals surface area contributed by atoms with Gasteiger partial charge < -0.3 is 10.1 Å². The van der Waals surface area contributed by atoms with E-state index in [4.69, 9.17) is 16.3 Å². The number of para-hydroxylation sites is 1. The molecule has 0 aliphatic heterocycles. The zero-order chi connectivity index (χ0) is 11.1. The molecule has 0 saturated heterocycles. The maximum atomic E-state index is 6.01. The van der Waals surface area contributed by atoms with Crippen LogP contribution in [0.15, 0.2) is 24.3 Å². The lowest BCUT2D eigenvalue weighted by Crippen LogP contribution is -2.30. The predicted molar refractivity (Wildman–Crippen MR) is 64.7 cm³/mol. The molecule has 0 spiro atoms. The minimum atomic E-state index is 0.185. The van der Waals surface area contributed by atoms with Crippen LogP contribution in [0, 0.1) is 0 Å². The van der Waals surface area contributed by atoms with Crippen molar-refractivity contribution in [1.29, 1.82) is 0 Å². The molecule has 1 aromatic carbocycles. The molecule has 0 fully saturated rings. The molecule has 0 bridgehead atoms. The van der Waals surface area contributed by atoms with Gasteiger partial charge in [0.05, 0.1) is 5.02 Å². The average Bonchev–Trinajstić information content (AvgIpc) is 2.26. The summed E-state index contributed by atoms with van der Waals surface area (Å²) in [5, 5.41) is 3.94. The summed E-state index contributed by atoms with van der Waals surface area (Å²) in [7, 11) is 0. The van der Waals surface area contributed by atoms with E-state index in [1.54, 1.807) is 0 Å². The summed E-state index contributed by atoms with van der Waals surface area (Å²) in [6.07, 6.45) is 1.16. The molecule has 0 heterocycles. The second-order valence-electron chi connectivity index (χ2n) is 3.39. The van der Waals surface area contributed by atoms with E-state index in [-0.39, 0.29) is 6.10 Å². The molecule has 15 heavy (non-hydrogen) atoms. The van der Waals surface area contributed by atoms with Crippen molar-refractivity contribution in [2.75, 3.05) is 13.1 Å². The van der Waals surface area contributed by atoms with Gasteiger partial charge in [0.15, 0.2) is 0 Å². The molecule has 1 unspecified atom stereocenters. The van der Waals surface area contributed by atoms with Crippen LogP contribution in [-0.2, 0) is 0 Å². The Kier molecular flexibility index (Phi) is 5.51. The fourth-order valence-electron chi connectivity index (χ4n) is 1.29. The largest absolute Gasteiger partial charge is 0.488 e. The van der Waals surface area contributed by atoms with Gasteiger partial charge in [0.2, 0.25) is 0 Å². The van der Waals surface area contributed by atoms with Crippen LogP contribution in [-0.4, -0.2) is 19.2 Å². The van der Waals surface area contributed by atoms with Crippen LogP contribution in [0.25, 0.3) is 0 Å². The van der Waals surface area contributed by atoms with Gasteiger partial charge in [-0.1, -0.05) is 37.6 Å². The normalized spacial score (nSPS) is 12.5. The molecule has 84 valence electrons. The quantitative estimate of drug-likeness (QED) is 0.807. The standard InChI is InChI=1S/C12H18ClNO/c1-3-10(9-14-4-2)15-12-8-6-5-7-11(12)13/h5-8,10,14H,3-4,9H2,1-2H3. The van der Waals surface area contributed by atoms with Crippen molar-refractivity contribution in [2.45, 2.75) is 26.4 Å². The third-order valence-electron chi connectivity index (χ3n) is 2.21. The molecule has 1 N–H and O–H groups in total. The van der Waals surface area contributed by atoms with Gasteiger partial charge in [0, 0.05) is 6.54 Å². The SMILES string of the molecule is CCNCC(CC)Oc1ccccc1Cl. The average molecular weight is 228 g/mol. The van der Waals surface area contributed by atoms with Crippen molar-refractivity contribution in [3.63, 3.8) is 0 Å². The maximum absolute atomic E-state index is 6.01. The molecular weight excluding hydrogens is 210 g/mol. The molecular formula is C12H18ClNO. The van der Waals surface area contributed by atoms with Gasteiger partial charge in [-0.3, -0.25) is 0 Å². The van der Waals surface area contributed by atoms with Crippen molar-refractivity contribution in [2.24, 2.45) is 0 Å². The van der Waals surface area contributed by atoms with Gasteiger partial charge >= 0.3 is 0 Å². The van der Waals surface area contributed by atoms with Gasteiger partial charge in [-0.25, -0.2) is 0 Å². The van der Waals surface area contributed by atoms with Crippen LogP contribution in [0.1, 0.15) is 20.3 Å². The molecule has 0 saturated carbocycles. The Hall–Kier alpha value is -0.730. The zero-order valence-electron chi connectivity index (χ0n) is 9.29. The number of nitrogens with one attached hydrogen (secondary N) is 1. The number of halogens is 1. The minimum absolute atomic E-state index is 0.185. The van der Waals surface area contributed by atoms with E-state index in [0.29, 0.717) is 5.02 Å². The second kappa shape index (κ2) is 6.70. The van der Waals surface area contributed by atoms with Crippen LogP contribution in [0.5, 0.6) is 5.75 Å². The summed E-state index contributed by atoms with van der Waals surface area (Å²) < 4.78 is 5.80. The van der Waals surface area contributed by atoms with E-state index in [1.165, 1.54) is 0 Å². The topological polar surface area (TPSA) is 21.3 Å². The van der Waals surface area contributed by atoms with Crippen molar-refractivity contribution in [1.82, 2.24) is 5.32 Å². The molecule has 0 radical (unpaired) electrons. The fourth-order valence-corrected chi connectivity index (χ4v) is 1.47. The van der Waals surface area contributed by atoms with Gasteiger partial charge in [-0.05, 0) is 25.1 Å². The number of likely N-dealkylation sites (N-methyl/N-ethyl adjacent to an activating group) is 1. The highest BCUT2D eigenvalue weighted by molar-refractivity contribution is 6.32. The Morgan fingerprint density at radius 1 is 1.33 bits per heavy atom. The van der Waals surface area contributed by atoms with Crippen LogP contribution >= 0.6 is 11.6 Å².